The highest BCUT2D eigenvalue weighted by Gasteiger charge is 2.05. The molecule has 1 heterocycles. The molecule has 0 amide bonds. The zero-order valence-electron chi connectivity index (χ0n) is 12.8. The summed E-state index contributed by atoms with van der Waals surface area (Å²) in [6.07, 6.45) is 4.01. The topological polar surface area (TPSA) is 36.1 Å². The van der Waals surface area contributed by atoms with Gasteiger partial charge in [-0.25, -0.2) is 0 Å². The van der Waals surface area contributed by atoms with Crippen LogP contribution in [0.2, 0.25) is 0 Å². The first kappa shape index (κ1) is 14.5. The van der Waals surface area contributed by atoms with E-state index in [4.69, 9.17) is 0 Å². The van der Waals surface area contributed by atoms with E-state index in [0.29, 0.717) is 0 Å². The number of rotatable bonds is 6. The number of H-pyrrole nitrogens is 1. The van der Waals surface area contributed by atoms with E-state index in [9.17, 15) is 4.79 Å². The van der Waals surface area contributed by atoms with Gasteiger partial charge in [-0.1, -0.05) is 42.5 Å². The number of aromatic amines is 1. The third-order valence-corrected chi connectivity index (χ3v) is 4.01. The number of hydrogen-bond donors (Lipinski definition) is 1. The van der Waals surface area contributed by atoms with E-state index < -0.39 is 0 Å². The molecule has 0 aliphatic heterocycles. The Hall–Kier alpha value is -2.39. The van der Waals surface area contributed by atoms with Crippen LogP contribution in [-0.2, 0) is 13.0 Å². The molecule has 0 atom stereocenters. The lowest BCUT2D eigenvalue weighted by Crippen LogP contribution is -2.20. The number of nitrogens with one attached hydrogen (secondary N) is 1. The predicted octanol–water partition coefficient (Wildman–Crippen LogP) is 3.65. The van der Waals surface area contributed by atoms with Gasteiger partial charge in [-0.2, -0.15) is 0 Å². The van der Waals surface area contributed by atoms with Gasteiger partial charge in [-0.05, 0) is 30.7 Å². The van der Waals surface area contributed by atoms with Gasteiger partial charge in [-0.3, -0.25) is 4.79 Å². The molecule has 0 radical (unpaired) electrons. The number of para-hydroxylation sites is 1. The molecular weight excluding hydrogens is 272 g/mol. The van der Waals surface area contributed by atoms with Crippen LogP contribution in [0.15, 0.2) is 54.7 Å². The van der Waals surface area contributed by atoms with E-state index in [1.165, 1.54) is 22.0 Å². The zero-order chi connectivity index (χ0) is 15.4. The Morgan fingerprint density at radius 2 is 1.86 bits per heavy atom. The molecule has 1 N–H and O–H groups in total. The summed E-state index contributed by atoms with van der Waals surface area (Å²) in [6, 6.07) is 16.2. The van der Waals surface area contributed by atoms with Crippen LogP contribution in [0.25, 0.3) is 10.9 Å². The SMILES string of the molecule is CN(CCc1c[nH]c2ccccc12)Cc1ccc(C=O)cc1. The maximum Gasteiger partial charge on any atom is 0.150 e. The fraction of sp³-hybridized carbons (Fsp3) is 0.211. The van der Waals surface area contributed by atoms with Crippen molar-refractivity contribution in [1.82, 2.24) is 9.88 Å². The van der Waals surface area contributed by atoms with Crippen molar-refractivity contribution in [2.24, 2.45) is 0 Å². The number of aromatic nitrogens is 1. The molecule has 0 unspecified atom stereocenters. The number of carbonyl (C=O) groups excluding carboxylic acids is 1. The summed E-state index contributed by atoms with van der Waals surface area (Å²) in [4.78, 5) is 16.3. The van der Waals surface area contributed by atoms with E-state index in [2.05, 4.69) is 47.4 Å². The first-order chi connectivity index (χ1) is 10.8. The molecule has 0 spiro atoms. The summed E-state index contributed by atoms with van der Waals surface area (Å²) in [5.41, 5.74) is 4.51. The Bertz CT molecular complexity index is 758. The minimum Gasteiger partial charge on any atom is -0.361 e. The minimum atomic E-state index is 0.727. The van der Waals surface area contributed by atoms with Crippen LogP contribution in [0.4, 0.5) is 0 Å². The highest BCUT2D eigenvalue weighted by Crippen LogP contribution is 2.18. The molecule has 0 aliphatic rings. The third-order valence-electron chi connectivity index (χ3n) is 4.01. The average Bonchev–Trinajstić information content (AvgIpc) is 2.97. The van der Waals surface area contributed by atoms with Crippen LogP contribution < -0.4 is 0 Å². The zero-order valence-corrected chi connectivity index (χ0v) is 12.8. The Balaban J connectivity index is 1.59. The summed E-state index contributed by atoms with van der Waals surface area (Å²) < 4.78 is 0. The van der Waals surface area contributed by atoms with Gasteiger partial charge in [0.15, 0.2) is 0 Å². The second-order valence-corrected chi connectivity index (χ2v) is 5.71. The molecule has 112 valence electrons. The number of fused-ring (bicyclic) bond motifs is 1. The van der Waals surface area contributed by atoms with Crippen molar-refractivity contribution >= 4 is 17.2 Å². The third kappa shape index (κ3) is 3.26. The average molecular weight is 292 g/mol. The number of benzene rings is 2. The van der Waals surface area contributed by atoms with Gasteiger partial charge in [-0.15, -0.1) is 0 Å². The van der Waals surface area contributed by atoms with Gasteiger partial charge in [0, 0.05) is 35.8 Å². The molecule has 0 fully saturated rings. The molecule has 3 rings (SSSR count). The fourth-order valence-corrected chi connectivity index (χ4v) is 2.74. The second-order valence-electron chi connectivity index (χ2n) is 5.71. The lowest BCUT2D eigenvalue weighted by atomic mass is 10.1. The molecule has 1 aromatic heterocycles. The number of nitrogens with zero attached hydrogens (tertiary/aromatic N) is 1. The van der Waals surface area contributed by atoms with Gasteiger partial charge in [0.2, 0.25) is 0 Å². The highest BCUT2D eigenvalue weighted by molar-refractivity contribution is 5.83. The van der Waals surface area contributed by atoms with Crippen LogP contribution in [0, 0.1) is 0 Å². The summed E-state index contributed by atoms with van der Waals surface area (Å²) >= 11 is 0. The van der Waals surface area contributed by atoms with Crippen molar-refractivity contribution in [3.63, 3.8) is 0 Å². The van der Waals surface area contributed by atoms with E-state index in [-0.39, 0.29) is 0 Å². The summed E-state index contributed by atoms with van der Waals surface area (Å²) in [6.45, 7) is 1.89. The summed E-state index contributed by atoms with van der Waals surface area (Å²) in [5.74, 6) is 0. The van der Waals surface area contributed by atoms with E-state index in [1.807, 2.05) is 24.3 Å². The maximum atomic E-state index is 10.7. The fourth-order valence-electron chi connectivity index (χ4n) is 2.74. The van der Waals surface area contributed by atoms with Crippen molar-refractivity contribution in [1.29, 1.82) is 0 Å². The summed E-state index contributed by atoms with van der Waals surface area (Å²) in [7, 11) is 2.13. The Morgan fingerprint density at radius 1 is 1.09 bits per heavy atom. The van der Waals surface area contributed by atoms with Gasteiger partial charge >= 0.3 is 0 Å². The molecule has 0 bridgehead atoms. The van der Waals surface area contributed by atoms with Crippen molar-refractivity contribution in [3.05, 3.63) is 71.4 Å². The van der Waals surface area contributed by atoms with Gasteiger partial charge < -0.3 is 9.88 Å². The Morgan fingerprint density at radius 3 is 2.64 bits per heavy atom. The standard InChI is InChI=1S/C19H20N2O/c1-21(13-15-6-8-16(14-22)9-7-15)11-10-17-12-20-19-5-3-2-4-18(17)19/h2-9,12,14,20H,10-11,13H2,1H3. The van der Waals surface area contributed by atoms with Gasteiger partial charge in [0.25, 0.3) is 0 Å². The first-order valence-corrected chi connectivity index (χ1v) is 7.54. The minimum absolute atomic E-state index is 0.727. The van der Waals surface area contributed by atoms with Crippen molar-refractivity contribution in [2.75, 3.05) is 13.6 Å². The molecule has 0 aliphatic carbocycles. The smallest absolute Gasteiger partial charge is 0.150 e. The lowest BCUT2D eigenvalue weighted by Gasteiger charge is -2.16. The van der Waals surface area contributed by atoms with Gasteiger partial charge in [0.05, 0.1) is 0 Å². The van der Waals surface area contributed by atoms with Crippen molar-refractivity contribution in [2.45, 2.75) is 13.0 Å². The van der Waals surface area contributed by atoms with Crippen molar-refractivity contribution < 1.29 is 4.79 Å². The molecule has 22 heavy (non-hydrogen) atoms. The van der Waals surface area contributed by atoms with Crippen LogP contribution >= 0.6 is 0 Å². The molecule has 0 saturated heterocycles. The molecule has 3 aromatic rings. The molecule has 2 aromatic carbocycles. The van der Waals surface area contributed by atoms with Gasteiger partial charge in [0.1, 0.15) is 6.29 Å². The quantitative estimate of drug-likeness (QED) is 0.704. The van der Waals surface area contributed by atoms with E-state index in [0.717, 1.165) is 31.4 Å². The largest absolute Gasteiger partial charge is 0.361 e. The Labute approximate surface area is 130 Å². The second kappa shape index (κ2) is 6.58. The molecule has 3 heteroatoms. The number of hydrogen-bond acceptors (Lipinski definition) is 2. The number of carbonyl (C=O) groups is 1. The van der Waals surface area contributed by atoms with Crippen LogP contribution in [0.5, 0.6) is 0 Å². The Kier molecular flexibility index (Phi) is 4.35. The number of likely N-dealkylation sites (N-methyl/N-ethyl adjacent to an activating group) is 1. The lowest BCUT2D eigenvalue weighted by molar-refractivity contribution is 0.112. The monoisotopic (exact) mass is 292 g/mol. The van der Waals surface area contributed by atoms with E-state index in [1.54, 1.807) is 0 Å². The number of aldehydes is 1. The first-order valence-electron chi connectivity index (χ1n) is 7.54. The van der Waals surface area contributed by atoms with Crippen molar-refractivity contribution in [3.8, 4) is 0 Å². The summed E-state index contributed by atoms with van der Waals surface area (Å²) in [5, 5.41) is 1.31. The molecular formula is C19H20N2O. The van der Waals surface area contributed by atoms with Crippen LogP contribution in [-0.4, -0.2) is 29.8 Å². The highest BCUT2D eigenvalue weighted by atomic mass is 16.1. The van der Waals surface area contributed by atoms with E-state index >= 15 is 0 Å². The normalized spacial score (nSPS) is 11.2. The maximum absolute atomic E-state index is 10.7. The molecule has 3 nitrogen and oxygen atoms in total. The van der Waals surface area contributed by atoms with Crippen LogP contribution in [0.1, 0.15) is 21.5 Å². The molecule has 0 saturated carbocycles. The van der Waals surface area contributed by atoms with Crippen LogP contribution in [0.3, 0.4) is 0 Å². The predicted molar refractivity (Wildman–Crippen MR) is 90.2 cm³/mol.